The highest BCUT2D eigenvalue weighted by Gasteiger charge is 2.36. The molecule has 178 valence electrons. The molecular weight excluding hydrogens is 428 g/mol. The molecule has 0 aromatic heterocycles. The first-order valence-electron chi connectivity index (χ1n) is 12.4. The minimum Gasteiger partial charge on any atom is -0.490 e. The number of hydrogen-bond acceptors (Lipinski definition) is 4. The second-order valence-electron chi connectivity index (χ2n) is 9.29. The molecule has 0 spiro atoms. The highest BCUT2D eigenvalue weighted by Crippen LogP contribution is 2.39. The van der Waals surface area contributed by atoms with Crippen LogP contribution < -0.4 is 9.47 Å². The molecule has 0 bridgehead atoms. The molecule has 0 aliphatic carbocycles. The van der Waals surface area contributed by atoms with Gasteiger partial charge in [0.05, 0.1) is 19.3 Å². The van der Waals surface area contributed by atoms with E-state index in [1.807, 2.05) is 47.4 Å². The number of hydrogen-bond donors (Lipinski definition) is 0. The fourth-order valence-electron chi connectivity index (χ4n) is 5.18. The maximum Gasteiger partial charge on any atom is 0.246 e. The van der Waals surface area contributed by atoms with Crippen LogP contribution in [0.2, 0.25) is 0 Å². The summed E-state index contributed by atoms with van der Waals surface area (Å²) in [5, 5.41) is 0. The molecule has 3 aliphatic heterocycles. The van der Waals surface area contributed by atoms with E-state index in [0.29, 0.717) is 39.1 Å². The molecule has 2 saturated heterocycles. The number of likely N-dealkylation sites (tertiary alicyclic amines) is 2. The van der Waals surface area contributed by atoms with E-state index in [0.717, 1.165) is 48.4 Å². The summed E-state index contributed by atoms with van der Waals surface area (Å²) in [5.74, 6) is 1.78. The zero-order chi connectivity index (χ0) is 23.3. The summed E-state index contributed by atoms with van der Waals surface area (Å²) in [6.45, 7) is 3.36. The predicted octanol–water partition coefficient (Wildman–Crippen LogP) is 4.46. The number of benzene rings is 2. The van der Waals surface area contributed by atoms with Crippen molar-refractivity contribution < 1.29 is 19.1 Å². The first kappa shape index (κ1) is 22.5. The molecule has 34 heavy (non-hydrogen) atoms. The van der Waals surface area contributed by atoms with Gasteiger partial charge in [-0.1, -0.05) is 36.4 Å². The van der Waals surface area contributed by atoms with Crippen molar-refractivity contribution in [1.82, 2.24) is 9.80 Å². The maximum atomic E-state index is 13.5. The Morgan fingerprint density at radius 1 is 0.853 bits per heavy atom. The molecule has 1 atom stereocenters. The van der Waals surface area contributed by atoms with Gasteiger partial charge in [0.15, 0.2) is 11.5 Å². The zero-order valence-electron chi connectivity index (χ0n) is 19.5. The van der Waals surface area contributed by atoms with Crippen molar-refractivity contribution in [2.24, 2.45) is 5.92 Å². The predicted molar refractivity (Wildman–Crippen MR) is 131 cm³/mol. The van der Waals surface area contributed by atoms with E-state index < -0.39 is 0 Å². The van der Waals surface area contributed by atoms with Gasteiger partial charge in [-0.05, 0) is 55.0 Å². The molecule has 2 fully saturated rings. The lowest BCUT2D eigenvalue weighted by molar-refractivity contribution is -0.140. The maximum absolute atomic E-state index is 13.5. The molecular formula is C28H32N2O4. The molecule has 3 heterocycles. The zero-order valence-corrected chi connectivity index (χ0v) is 19.5. The first-order valence-corrected chi connectivity index (χ1v) is 12.4. The van der Waals surface area contributed by atoms with Crippen LogP contribution in [0.25, 0.3) is 6.08 Å². The smallest absolute Gasteiger partial charge is 0.246 e. The first-order chi connectivity index (χ1) is 16.7. The quantitative estimate of drug-likeness (QED) is 0.632. The molecule has 6 heteroatoms. The number of rotatable bonds is 4. The van der Waals surface area contributed by atoms with Gasteiger partial charge in [-0.15, -0.1) is 0 Å². The SMILES string of the molecule is O=C(/C=C/c1ccccc1)N1CCC(C(=O)N2CCCC2c2ccc3c(c2)OCCCO3)CC1. The minimum atomic E-state index is -0.0248. The van der Waals surface area contributed by atoms with Crippen LogP contribution in [-0.4, -0.2) is 54.5 Å². The molecule has 1 unspecified atom stereocenters. The second-order valence-corrected chi connectivity index (χ2v) is 9.29. The van der Waals surface area contributed by atoms with Crippen molar-refractivity contribution in [3.8, 4) is 11.5 Å². The molecule has 2 aromatic rings. The van der Waals surface area contributed by atoms with Crippen molar-refractivity contribution in [1.29, 1.82) is 0 Å². The lowest BCUT2D eigenvalue weighted by Crippen LogP contribution is -2.43. The van der Waals surface area contributed by atoms with Crippen LogP contribution in [0.1, 0.15) is 49.3 Å². The third-order valence-electron chi connectivity index (χ3n) is 7.07. The number of carbonyl (C=O) groups excluding carboxylic acids is 2. The molecule has 6 nitrogen and oxygen atoms in total. The van der Waals surface area contributed by atoms with Crippen LogP contribution in [0.4, 0.5) is 0 Å². The average Bonchev–Trinajstić information content (AvgIpc) is 3.26. The summed E-state index contributed by atoms with van der Waals surface area (Å²) in [6, 6.07) is 16.0. The second kappa shape index (κ2) is 10.3. The Bertz CT molecular complexity index is 1040. The van der Waals surface area contributed by atoms with Gasteiger partial charge in [-0.3, -0.25) is 9.59 Å². The Kier molecular flexibility index (Phi) is 6.84. The summed E-state index contributed by atoms with van der Waals surface area (Å²) in [4.78, 5) is 30.0. The number of ether oxygens (including phenoxy) is 2. The van der Waals surface area contributed by atoms with Crippen LogP contribution in [0, 0.1) is 5.92 Å². The van der Waals surface area contributed by atoms with Crippen LogP contribution in [-0.2, 0) is 9.59 Å². The fraction of sp³-hybridized carbons (Fsp3) is 0.429. The fourth-order valence-corrected chi connectivity index (χ4v) is 5.18. The third-order valence-corrected chi connectivity index (χ3v) is 7.07. The van der Waals surface area contributed by atoms with E-state index in [1.54, 1.807) is 6.08 Å². The van der Waals surface area contributed by atoms with Crippen molar-refractivity contribution in [2.45, 2.75) is 38.1 Å². The number of amides is 2. The van der Waals surface area contributed by atoms with Gasteiger partial charge in [0, 0.05) is 38.0 Å². The Labute approximate surface area is 201 Å². The topological polar surface area (TPSA) is 59.1 Å². The van der Waals surface area contributed by atoms with Crippen LogP contribution in [0.5, 0.6) is 11.5 Å². The number of piperidine rings is 1. The van der Waals surface area contributed by atoms with Crippen LogP contribution in [0.3, 0.4) is 0 Å². The normalized spacial score (nSPS) is 21.0. The number of nitrogens with zero attached hydrogens (tertiary/aromatic N) is 2. The van der Waals surface area contributed by atoms with Crippen molar-refractivity contribution in [2.75, 3.05) is 32.8 Å². The van der Waals surface area contributed by atoms with Gasteiger partial charge in [0.25, 0.3) is 0 Å². The summed E-state index contributed by atoms with van der Waals surface area (Å²) in [5.41, 5.74) is 2.13. The van der Waals surface area contributed by atoms with Crippen molar-refractivity contribution >= 4 is 17.9 Å². The van der Waals surface area contributed by atoms with Crippen molar-refractivity contribution in [3.63, 3.8) is 0 Å². The van der Waals surface area contributed by atoms with Gasteiger partial charge in [-0.25, -0.2) is 0 Å². The summed E-state index contributed by atoms with van der Waals surface area (Å²) >= 11 is 0. The van der Waals surface area contributed by atoms with Gasteiger partial charge in [-0.2, -0.15) is 0 Å². The number of fused-ring (bicyclic) bond motifs is 1. The molecule has 2 amide bonds. The Balaban J connectivity index is 1.19. The lowest BCUT2D eigenvalue weighted by atomic mass is 9.94. The Morgan fingerprint density at radius 2 is 1.62 bits per heavy atom. The molecule has 0 N–H and O–H groups in total. The summed E-state index contributed by atoms with van der Waals surface area (Å²) in [6.07, 6.45) is 7.77. The molecule has 5 rings (SSSR count). The van der Waals surface area contributed by atoms with E-state index >= 15 is 0 Å². The van der Waals surface area contributed by atoms with E-state index in [4.69, 9.17) is 9.47 Å². The molecule has 3 aliphatic rings. The van der Waals surface area contributed by atoms with Gasteiger partial charge in [0.2, 0.25) is 11.8 Å². The standard InChI is InChI=1S/C28H32N2O4/c31-27(12-9-21-6-2-1-3-7-21)29-16-13-22(14-17-29)28(32)30-15-4-8-24(30)23-10-11-25-26(20-23)34-19-5-18-33-25/h1-3,6-7,9-12,20,22,24H,4-5,8,13-19H2/b12-9+. The average molecular weight is 461 g/mol. The largest absolute Gasteiger partial charge is 0.490 e. The monoisotopic (exact) mass is 460 g/mol. The molecule has 0 saturated carbocycles. The van der Waals surface area contributed by atoms with Crippen molar-refractivity contribution in [3.05, 3.63) is 65.7 Å². The highest BCUT2D eigenvalue weighted by atomic mass is 16.5. The van der Waals surface area contributed by atoms with Crippen LogP contribution in [0.15, 0.2) is 54.6 Å². The number of carbonyl (C=O) groups is 2. The third kappa shape index (κ3) is 4.96. The minimum absolute atomic E-state index is 0.0148. The van der Waals surface area contributed by atoms with E-state index in [9.17, 15) is 9.59 Å². The highest BCUT2D eigenvalue weighted by molar-refractivity contribution is 5.92. The van der Waals surface area contributed by atoms with E-state index in [1.165, 1.54) is 0 Å². The van der Waals surface area contributed by atoms with Crippen LogP contribution >= 0.6 is 0 Å². The lowest BCUT2D eigenvalue weighted by Gasteiger charge is -2.34. The van der Waals surface area contributed by atoms with E-state index in [2.05, 4.69) is 17.0 Å². The molecule has 0 radical (unpaired) electrons. The van der Waals surface area contributed by atoms with Gasteiger partial charge < -0.3 is 19.3 Å². The Hall–Kier alpha value is -3.28. The Morgan fingerprint density at radius 3 is 2.41 bits per heavy atom. The summed E-state index contributed by atoms with van der Waals surface area (Å²) in [7, 11) is 0. The van der Waals surface area contributed by atoms with E-state index in [-0.39, 0.29) is 23.8 Å². The van der Waals surface area contributed by atoms with Gasteiger partial charge in [0.1, 0.15) is 0 Å². The summed E-state index contributed by atoms with van der Waals surface area (Å²) < 4.78 is 11.6. The molecule has 2 aromatic carbocycles. The van der Waals surface area contributed by atoms with Gasteiger partial charge >= 0.3 is 0 Å².